The predicted octanol–water partition coefficient (Wildman–Crippen LogP) is 4.27. The van der Waals surface area contributed by atoms with Gasteiger partial charge in [-0.2, -0.15) is 0 Å². The van der Waals surface area contributed by atoms with Gasteiger partial charge in [0.2, 0.25) is 0 Å². The molecule has 0 heterocycles. The molecule has 1 nitrogen and oxygen atoms in total. The van der Waals surface area contributed by atoms with Crippen LogP contribution in [0.1, 0.15) is 45.1 Å². The third-order valence-electron chi connectivity index (χ3n) is 3.18. The number of anilines is 1. The predicted molar refractivity (Wildman–Crippen MR) is 73.2 cm³/mol. The number of benzene rings is 1. The molecule has 1 aromatic rings. The van der Waals surface area contributed by atoms with E-state index in [1.54, 1.807) is 0 Å². The highest BCUT2D eigenvalue weighted by Crippen LogP contribution is 2.21. The minimum atomic E-state index is 1.08. The van der Waals surface area contributed by atoms with E-state index in [1.165, 1.54) is 43.4 Å². The molecule has 0 unspecified atom stereocenters. The van der Waals surface area contributed by atoms with Crippen LogP contribution >= 0.6 is 0 Å². The molecule has 0 spiro atoms. The molecule has 0 atom stereocenters. The van der Waals surface area contributed by atoms with Crippen molar-refractivity contribution in [3.05, 3.63) is 29.8 Å². The zero-order chi connectivity index (χ0) is 11.8. The van der Waals surface area contributed by atoms with Crippen molar-refractivity contribution in [3.8, 4) is 0 Å². The molecule has 0 N–H and O–H groups in total. The van der Waals surface area contributed by atoms with Crippen LogP contribution in [-0.2, 0) is 6.42 Å². The first-order valence-corrected chi connectivity index (χ1v) is 6.58. The van der Waals surface area contributed by atoms with Crippen LogP contribution in [0.2, 0.25) is 0 Å². The highest BCUT2D eigenvalue weighted by atomic mass is 15.1. The summed E-state index contributed by atoms with van der Waals surface area (Å²) in [5, 5.41) is 0. The van der Waals surface area contributed by atoms with Crippen molar-refractivity contribution in [1.29, 1.82) is 0 Å². The van der Waals surface area contributed by atoms with E-state index in [-0.39, 0.29) is 0 Å². The van der Waals surface area contributed by atoms with Crippen LogP contribution in [0.25, 0.3) is 0 Å². The van der Waals surface area contributed by atoms with Crippen molar-refractivity contribution in [2.45, 2.75) is 46.0 Å². The topological polar surface area (TPSA) is 3.24 Å². The standard InChI is InChI=1S/C15H25N/c1-4-6-7-8-11-14-12-9-10-13-15(14)16(3)5-2/h9-10,12-13H,4-8,11H2,1-3H3. The second-order valence-electron chi connectivity index (χ2n) is 4.45. The van der Waals surface area contributed by atoms with Gasteiger partial charge in [0, 0.05) is 19.3 Å². The fourth-order valence-electron chi connectivity index (χ4n) is 2.01. The first-order chi connectivity index (χ1) is 7.79. The minimum Gasteiger partial charge on any atom is -0.375 e. The summed E-state index contributed by atoms with van der Waals surface area (Å²) in [6.45, 7) is 5.54. The summed E-state index contributed by atoms with van der Waals surface area (Å²) >= 11 is 0. The van der Waals surface area contributed by atoms with Crippen molar-refractivity contribution < 1.29 is 0 Å². The molecule has 0 saturated heterocycles. The molecule has 0 fully saturated rings. The average molecular weight is 219 g/mol. The summed E-state index contributed by atoms with van der Waals surface area (Å²) in [5.74, 6) is 0. The number of hydrogen-bond donors (Lipinski definition) is 0. The number of aryl methyl sites for hydroxylation is 1. The Kier molecular flexibility index (Phi) is 5.99. The zero-order valence-corrected chi connectivity index (χ0v) is 11.0. The molecule has 1 rings (SSSR count). The molecular formula is C15H25N. The Morgan fingerprint density at radius 1 is 1.00 bits per heavy atom. The van der Waals surface area contributed by atoms with Gasteiger partial charge < -0.3 is 4.90 Å². The van der Waals surface area contributed by atoms with Crippen molar-refractivity contribution in [2.24, 2.45) is 0 Å². The molecule has 1 aromatic carbocycles. The van der Waals surface area contributed by atoms with Crippen molar-refractivity contribution in [2.75, 3.05) is 18.5 Å². The van der Waals surface area contributed by atoms with E-state index in [4.69, 9.17) is 0 Å². The summed E-state index contributed by atoms with van der Waals surface area (Å²) in [6.07, 6.45) is 6.59. The van der Waals surface area contributed by atoms with E-state index in [9.17, 15) is 0 Å². The van der Waals surface area contributed by atoms with E-state index in [0.29, 0.717) is 0 Å². The molecule has 0 aromatic heterocycles. The average Bonchev–Trinajstić information content (AvgIpc) is 2.34. The summed E-state index contributed by atoms with van der Waals surface area (Å²) < 4.78 is 0. The lowest BCUT2D eigenvalue weighted by atomic mass is 10.0. The maximum atomic E-state index is 2.33. The van der Waals surface area contributed by atoms with E-state index in [0.717, 1.165) is 6.54 Å². The fraction of sp³-hybridized carbons (Fsp3) is 0.600. The Bertz CT molecular complexity index is 293. The third-order valence-corrected chi connectivity index (χ3v) is 3.18. The molecule has 1 heteroatoms. The number of unbranched alkanes of at least 4 members (excludes halogenated alkanes) is 3. The van der Waals surface area contributed by atoms with E-state index < -0.39 is 0 Å². The van der Waals surface area contributed by atoms with E-state index in [2.05, 4.69) is 50.1 Å². The lowest BCUT2D eigenvalue weighted by molar-refractivity contribution is 0.666. The second kappa shape index (κ2) is 7.32. The third kappa shape index (κ3) is 3.88. The molecule has 0 aliphatic carbocycles. The summed E-state index contributed by atoms with van der Waals surface area (Å²) in [6, 6.07) is 8.80. The maximum absolute atomic E-state index is 2.33. The molecule has 0 aliphatic heterocycles. The Hall–Kier alpha value is -0.980. The largest absolute Gasteiger partial charge is 0.375 e. The molecule has 0 aliphatic rings. The van der Waals surface area contributed by atoms with Gasteiger partial charge in [-0.3, -0.25) is 0 Å². The Balaban J connectivity index is 2.57. The number of hydrogen-bond acceptors (Lipinski definition) is 1. The first-order valence-electron chi connectivity index (χ1n) is 6.58. The quantitative estimate of drug-likeness (QED) is 0.619. The summed E-state index contributed by atoms with van der Waals surface area (Å²) in [4.78, 5) is 2.33. The van der Waals surface area contributed by atoms with Gasteiger partial charge in [-0.1, -0.05) is 44.4 Å². The lowest BCUT2D eigenvalue weighted by Crippen LogP contribution is -2.17. The van der Waals surface area contributed by atoms with Gasteiger partial charge in [-0.15, -0.1) is 0 Å². The van der Waals surface area contributed by atoms with Crippen molar-refractivity contribution in [3.63, 3.8) is 0 Å². The van der Waals surface area contributed by atoms with Gasteiger partial charge in [0.15, 0.2) is 0 Å². The van der Waals surface area contributed by atoms with Crippen LogP contribution in [0.5, 0.6) is 0 Å². The molecule has 0 radical (unpaired) electrons. The molecule has 16 heavy (non-hydrogen) atoms. The van der Waals surface area contributed by atoms with Crippen LogP contribution in [0.4, 0.5) is 5.69 Å². The highest BCUT2D eigenvalue weighted by Gasteiger charge is 2.04. The Morgan fingerprint density at radius 2 is 1.75 bits per heavy atom. The van der Waals surface area contributed by atoms with Gasteiger partial charge in [0.05, 0.1) is 0 Å². The van der Waals surface area contributed by atoms with Crippen LogP contribution in [-0.4, -0.2) is 13.6 Å². The lowest BCUT2D eigenvalue weighted by Gasteiger charge is -2.20. The highest BCUT2D eigenvalue weighted by molar-refractivity contribution is 5.52. The maximum Gasteiger partial charge on any atom is 0.0396 e. The first kappa shape index (κ1) is 13.1. The van der Waals surface area contributed by atoms with Crippen LogP contribution in [0.15, 0.2) is 24.3 Å². The van der Waals surface area contributed by atoms with Crippen LogP contribution < -0.4 is 4.90 Å². The normalized spacial score (nSPS) is 10.4. The molecule has 0 saturated carbocycles. The van der Waals surface area contributed by atoms with E-state index in [1.807, 2.05) is 0 Å². The van der Waals surface area contributed by atoms with Gasteiger partial charge in [0.1, 0.15) is 0 Å². The SMILES string of the molecule is CCCCCCc1ccccc1N(C)CC. The van der Waals surface area contributed by atoms with Crippen molar-refractivity contribution in [1.82, 2.24) is 0 Å². The van der Waals surface area contributed by atoms with Gasteiger partial charge in [-0.25, -0.2) is 0 Å². The Labute approximate surface area is 100 Å². The van der Waals surface area contributed by atoms with Crippen LogP contribution in [0.3, 0.4) is 0 Å². The molecular weight excluding hydrogens is 194 g/mol. The van der Waals surface area contributed by atoms with Gasteiger partial charge in [0.25, 0.3) is 0 Å². The second-order valence-corrected chi connectivity index (χ2v) is 4.45. The number of nitrogens with zero attached hydrogens (tertiary/aromatic N) is 1. The monoisotopic (exact) mass is 219 g/mol. The van der Waals surface area contributed by atoms with Crippen molar-refractivity contribution >= 4 is 5.69 Å². The Morgan fingerprint density at radius 3 is 2.44 bits per heavy atom. The summed E-state index contributed by atoms with van der Waals surface area (Å²) in [5.41, 5.74) is 2.91. The molecule has 0 amide bonds. The van der Waals surface area contributed by atoms with E-state index >= 15 is 0 Å². The number of rotatable bonds is 7. The fourth-order valence-corrected chi connectivity index (χ4v) is 2.01. The smallest absolute Gasteiger partial charge is 0.0396 e. The molecule has 90 valence electrons. The zero-order valence-electron chi connectivity index (χ0n) is 11.0. The minimum absolute atomic E-state index is 1.08. The number of para-hydroxylation sites is 1. The van der Waals surface area contributed by atoms with Crippen LogP contribution in [0, 0.1) is 0 Å². The van der Waals surface area contributed by atoms with Gasteiger partial charge in [-0.05, 0) is 31.4 Å². The summed E-state index contributed by atoms with van der Waals surface area (Å²) in [7, 11) is 2.17. The van der Waals surface area contributed by atoms with Gasteiger partial charge >= 0.3 is 0 Å². The molecule has 0 bridgehead atoms.